The van der Waals surface area contributed by atoms with Gasteiger partial charge in [0.05, 0.1) is 18.7 Å². The Morgan fingerprint density at radius 2 is 2.57 bits per heavy atom. The van der Waals surface area contributed by atoms with Crippen molar-refractivity contribution in [3.63, 3.8) is 0 Å². The molecular weight excluding hydrogens is 182 g/mol. The van der Waals surface area contributed by atoms with Gasteiger partial charge < -0.3 is 4.90 Å². The largest absolute Gasteiger partial charge is 0.337 e. The van der Waals surface area contributed by atoms with Crippen LogP contribution in [0.15, 0.2) is 6.20 Å². The molecule has 6 heteroatoms. The van der Waals surface area contributed by atoms with Crippen LogP contribution in [-0.4, -0.2) is 39.3 Å². The van der Waals surface area contributed by atoms with E-state index in [4.69, 9.17) is 5.26 Å². The number of hydrogen-bond acceptors (Lipinski definition) is 4. The summed E-state index contributed by atoms with van der Waals surface area (Å²) in [6, 6.07) is 1.89. The third kappa shape index (κ3) is 2.07. The van der Waals surface area contributed by atoms with E-state index >= 15 is 0 Å². The topological polar surface area (TPSA) is 85.7 Å². The van der Waals surface area contributed by atoms with E-state index in [0.29, 0.717) is 6.42 Å². The number of nitriles is 1. The van der Waals surface area contributed by atoms with Crippen LogP contribution in [0.3, 0.4) is 0 Å². The molecule has 0 radical (unpaired) electrons. The Labute approximate surface area is 81.5 Å². The second-order valence-corrected chi connectivity index (χ2v) is 2.98. The number of carbonyl (C=O) groups is 1. The number of carbonyl (C=O) groups excluding carboxylic acids is 1. The van der Waals surface area contributed by atoms with Gasteiger partial charge in [-0.2, -0.15) is 20.7 Å². The van der Waals surface area contributed by atoms with Crippen molar-refractivity contribution >= 4 is 5.91 Å². The lowest BCUT2D eigenvalue weighted by molar-refractivity contribution is 0.0740. The van der Waals surface area contributed by atoms with Crippen LogP contribution in [0.5, 0.6) is 0 Å². The first-order valence-electron chi connectivity index (χ1n) is 4.16. The third-order valence-electron chi connectivity index (χ3n) is 2.00. The normalized spacial score (nSPS) is 11.8. The van der Waals surface area contributed by atoms with Gasteiger partial charge in [-0.05, 0) is 6.92 Å². The van der Waals surface area contributed by atoms with E-state index in [-0.39, 0.29) is 17.6 Å². The predicted molar refractivity (Wildman–Crippen MR) is 48.2 cm³/mol. The van der Waals surface area contributed by atoms with Crippen LogP contribution in [0.1, 0.15) is 23.8 Å². The van der Waals surface area contributed by atoms with E-state index in [9.17, 15) is 4.79 Å². The van der Waals surface area contributed by atoms with E-state index in [0.717, 1.165) is 0 Å². The first kappa shape index (κ1) is 10.2. The van der Waals surface area contributed by atoms with Crippen LogP contribution in [0.2, 0.25) is 0 Å². The summed E-state index contributed by atoms with van der Waals surface area (Å²) >= 11 is 0. The van der Waals surface area contributed by atoms with Crippen molar-refractivity contribution in [1.29, 1.82) is 5.26 Å². The number of amides is 1. The minimum absolute atomic E-state index is 0.121. The van der Waals surface area contributed by atoms with Crippen molar-refractivity contribution in [1.82, 2.24) is 20.3 Å². The molecule has 0 aromatic carbocycles. The molecule has 1 atom stereocenters. The van der Waals surface area contributed by atoms with Gasteiger partial charge in [0.1, 0.15) is 0 Å². The summed E-state index contributed by atoms with van der Waals surface area (Å²) in [6.45, 7) is 1.81. The zero-order valence-corrected chi connectivity index (χ0v) is 8.06. The summed E-state index contributed by atoms with van der Waals surface area (Å²) in [6.07, 6.45) is 1.66. The summed E-state index contributed by atoms with van der Waals surface area (Å²) in [7, 11) is 1.64. The zero-order chi connectivity index (χ0) is 10.6. The number of aromatic amines is 1. The van der Waals surface area contributed by atoms with E-state index in [1.54, 1.807) is 14.0 Å². The number of aromatic nitrogens is 3. The third-order valence-corrected chi connectivity index (χ3v) is 2.00. The highest BCUT2D eigenvalue weighted by atomic mass is 16.2. The van der Waals surface area contributed by atoms with Gasteiger partial charge in [-0.15, -0.1) is 0 Å². The number of nitrogens with zero attached hydrogens (tertiary/aromatic N) is 4. The Balaban J connectivity index is 2.67. The number of rotatable bonds is 3. The summed E-state index contributed by atoms with van der Waals surface area (Å²) in [5, 5.41) is 18.1. The molecular formula is C8H11N5O. The Bertz CT molecular complexity index is 339. The summed E-state index contributed by atoms with van der Waals surface area (Å²) in [5.74, 6) is -0.235. The summed E-state index contributed by atoms with van der Waals surface area (Å²) in [5.41, 5.74) is 0.261. The van der Waals surface area contributed by atoms with Crippen LogP contribution >= 0.6 is 0 Å². The second kappa shape index (κ2) is 4.37. The fourth-order valence-electron chi connectivity index (χ4n) is 0.955. The molecule has 1 N–H and O–H groups in total. The van der Waals surface area contributed by atoms with Gasteiger partial charge in [0.15, 0.2) is 5.69 Å². The van der Waals surface area contributed by atoms with E-state index in [1.165, 1.54) is 11.1 Å². The molecule has 74 valence electrons. The minimum Gasteiger partial charge on any atom is -0.337 e. The van der Waals surface area contributed by atoms with Crippen molar-refractivity contribution < 1.29 is 4.79 Å². The SMILES string of the molecule is CC(CC#N)N(C)C(=O)c1cn[nH]n1. The molecule has 0 saturated heterocycles. The van der Waals surface area contributed by atoms with Crippen LogP contribution in [0, 0.1) is 11.3 Å². The molecule has 0 aliphatic carbocycles. The number of nitrogens with one attached hydrogen (secondary N) is 1. The van der Waals surface area contributed by atoms with E-state index < -0.39 is 0 Å². The fraction of sp³-hybridized carbons (Fsp3) is 0.500. The highest BCUT2D eigenvalue weighted by Gasteiger charge is 2.18. The maximum atomic E-state index is 11.6. The van der Waals surface area contributed by atoms with Crippen molar-refractivity contribution in [3.8, 4) is 6.07 Å². The maximum absolute atomic E-state index is 11.6. The molecule has 1 aromatic rings. The molecule has 1 aromatic heterocycles. The van der Waals surface area contributed by atoms with E-state index in [2.05, 4.69) is 15.4 Å². The monoisotopic (exact) mass is 193 g/mol. The molecule has 0 fully saturated rings. The molecule has 0 aliphatic heterocycles. The molecule has 0 bridgehead atoms. The smallest absolute Gasteiger partial charge is 0.276 e. The molecule has 1 amide bonds. The molecule has 1 heterocycles. The molecule has 0 spiro atoms. The van der Waals surface area contributed by atoms with Crippen LogP contribution in [0.4, 0.5) is 0 Å². The highest BCUT2D eigenvalue weighted by Crippen LogP contribution is 2.04. The molecule has 6 nitrogen and oxygen atoms in total. The predicted octanol–water partition coefficient (Wildman–Crippen LogP) is 0.179. The average molecular weight is 193 g/mol. The quantitative estimate of drug-likeness (QED) is 0.741. The average Bonchev–Trinajstić information content (AvgIpc) is 2.68. The minimum atomic E-state index is -0.235. The van der Waals surface area contributed by atoms with Gasteiger partial charge in [-0.1, -0.05) is 0 Å². The van der Waals surface area contributed by atoms with Crippen LogP contribution < -0.4 is 0 Å². The molecule has 1 rings (SSSR count). The lowest BCUT2D eigenvalue weighted by Crippen LogP contribution is -2.35. The summed E-state index contributed by atoms with van der Waals surface area (Å²) in [4.78, 5) is 13.1. The second-order valence-electron chi connectivity index (χ2n) is 2.98. The Morgan fingerprint density at radius 1 is 1.86 bits per heavy atom. The van der Waals surface area contributed by atoms with E-state index in [1.807, 2.05) is 6.07 Å². The Kier molecular flexibility index (Phi) is 3.18. The van der Waals surface area contributed by atoms with Crippen molar-refractivity contribution in [2.45, 2.75) is 19.4 Å². The highest BCUT2D eigenvalue weighted by molar-refractivity contribution is 5.91. The van der Waals surface area contributed by atoms with Crippen LogP contribution in [-0.2, 0) is 0 Å². The number of H-pyrrole nitrogens is 1. The van der Waals surface area contributed by atoms with Gasteiger partial charge >= 0.3 is 0 Å². The van der Waals surface area contributed by atoms with Crippen molar-refractivity contribution in [2.24, 2.45) is 0 Å². The standard InChI is InChI=1S/C8H11N5O/c1-6(3-4-9)13(2)8(14)7-5-10-12-11-7/h5-6H,3H2,1-2H3,(H,10,11,12). The van der Waals surface area contributed by atoms with Crippen molar-refractivity contribution in [2.75, 3.05) is 7.05 Å². The van der Waals surface area contributed by atoms with Gasteiger partial charge in [0.25, 0.3) is 5.91 Å². The molecule has 0 aliphatic rings. The number of hydrogen-bond donors (Lipinski definition) is 1. The Morgan fingerprint density at radius 3 is 3.07 bits per heavy atom. The van der Waals surface area contributed by atoms with Gasteiger partial charge in [-0.3, -0.25) is 4.79 Å². The molecule has 0 saturated carbocycles. The zero-order valence-electron chi connectivity index (χ0n) is 8.06. The van der Waals surface area contributed by atoms with Gasteiger partial charge in [0.2, 0.25) is 0 Å². The first-order chi connectivity index (χ1) is 6.66. The Hall–Kier alpha value is -1.90. The molecule has 1 unspecified atom stereocenters. The summed E-state index contributed by atoms with van der Waals surface area (Å²) < 4.78 is 0. The molecule has 14 heavy (non-hydrogen) atoms. The maximum Gasteiger partial charge on any atom is 0.276 e. The van der Waals surface area contributed by atoms with Gasteiger partial charge in [0, 0.05) is 13.1 Å². The van der Waals surface area contributed by atoms with Crippen LogP contribution in [0.25, 0.3) is 0 Å². The first-order valence-corrected chi connectivity index (χ1v) is 4.16. The lowest BCUT2D eigenvalue weighted by Gasteiger charge is -2.21. The lowest BCUT2D eigenvalue weighted by atomic mass is 10.2. The van der Waals surface area contributed by atoms with Crippen molar-refractivity contribution in [3.05, 3.63) is 11.9 Å². The van der Waals surface area contributed by atoms with Gasteiger partial charge in [-0.25, -0.2) is 0 Å². The fourth-order valence-corrected chi connectivity index (χ4v) is 0.955.